The highest BCUT2D eigenvalue weighted by Crippen LogP contribution is 2.23. The van der Waals surface area contributed by atoms with E-state index in [1.807, 2.05) is 0 Å². The summed E-state index contributed by atoms with van der Waals surface area (Å²) < 4.78 is 26.5. The van der Waals surface area contributed by atoms with Crippen molar-refractivity contribution in [2.75, 3.05) is 0 Å². The van der Waals surface area contributed by atoms with Gasteiger partial charge in [-0.15, -0.1) is 11.3 Å². The van der Waals surface area contributed by atoms with E-state index in [2.05, 4.69) is 10.1 Å². The zero-order chi connectivity index (χ0) is 10.9. The molecule has 80 valence electrons. The van der Waals surface area contributed by atoms with Crippen LogP contribution in [0.2, 0.25) is 0 Å². The van der Waals surface area contributed by atoms with Gasteiger partial charge in [-0.2, -0.15) is 0 Å². The highest BCUT2D eigenvalue weighted by Gasteiger charge is 2.14. The van der Waals surface area contributed by atoms with Crippen molar-refractivity contribution in [3.63, 3.8) is 0 Å². The van der Waals surface area contributed by atoms with Crippen LogP contribution in [0.5, 0.6) is 0 Å². The maximum Gasteiger partial charge on any atom is 0.238 e. The van der Waals surface area contributed by atoms with Crippen LogP contribution >= 0.6 is 22.0 Å². The molecule has 0 unspecified atom stereocenters. The minimum absolute atomic E-state index is 0.273. The molecule has 0 aliphatic rings. The molecule has 0 saturated heterocycles. The van der Waals surface area contributed by atoms with Crippen molar-refractivity contribution >= 4 is 31.1 Å². The average molecular weight is 265 g/mol. The minimum Gasteiger partial charge on any atom is -0.353 e. The zero-order valence-electron chi connectivity index (χ0n) is 7.25. The average Bonchev–Trinajstić information content (AvgIpc) is 2.68. The van der Waals surface area contributed by atoms with Crippen LogP contribution in [0, 0.1) is 0 Å². The predicted octanol–water partition coefficient (Wildman–Crippen LogP) is 1.87. The fourth-order valence-electron chi connectivity index (χ4n) is 1.00. The Balaban J connectivity index is 2.25. The van der Waals surface area contributed by atoms with Crippen LogP contribution in [-0.4, -0.2) is 18.6 Å². The Kier molecular flexibility index (Phi) is 2.76. The summed E-state index contributed by atoms with van der Waals surface area (Å²) >= 11 is 1.38. The molecule has 2 rings (SSSR count). The summed E-state index contributed by atoms with van der Waals surface area (Å²) in [5.41, 5.74) is 0.273. The molecule has 0 aliphatic carbocycles. The van der Waals surface area contributed by atoms with E-state index in [4.69, 9.17) is 15.2 Å². The molecule has 2 aromatic heterocycles. The van der Waals surface area contributed by atoms with Gasteiger partial charge in [0, 0.05) is 28.3 Å². The number of aromatic nitrogens is 2. The van der Waals surface area contributed by atoms with Gasteiger partial charge in [-0.25, -0.2) is 13.4 Å². The second-order valence-corrected chi connectivity index (χ2v) is 6.37. The maximum absolute atomic E-state index is 10.8. The molecule has 0 atom stereocenters. The Morgan fingerprint density at radius 2 is 2.33 bits per heavy atom. The van der Waals surface area contributed by atoms with Crippen LogP contribution in [0.1, 0.15) is 5.69 Å². The van der Waals surface area contributed by atoms with E-state index in [1.54, 1.807) is 11.6 Å². The first-order valence-electron chi connectivity index (χ1n) is 3.82. The van der Waals surface area contributed by atoms with E-state index < -0.39 is 9.05 Å². The van der Waals surface area contributed by atoms with Crippen molar-refractivity contribution < 1.29 is 12.9 Å². The van der Waals surface area contributed by atoms with Gasteiger partial charge in [0.05, 0.1) is 0 Å². The summed E-state index contributed by atoms with van der Waals surface area (Å²) in [5, 5.41) is 6.03. The third-order valence-corrected chi connectivity index (χ3v) is 3.28. The quantitative estimate of drug-likeness (QED) is 0.791. The Bertz CT molecular complexity index is 547. The molecule has 2 aromatic rings. The fourth-order valence-corrected chi connectivity index (χ4v) is 2.41. The van der Waals surface area contributed by atoms with Crippen LogP contribution in [0.25, 0.3) is 10.8 Å². The molecule has 0 radical (unpaired) electrons. The molecule has 0 aromatic carbocycles. The largest absolute Gasteiger partial charge is 0.353 e. The Morgan fingerprint density at radius 1 is 1.53 bits per heavy atom. The first-order chi connectivity index (χ1) is 7.04. The fraction of sp³-hybridized carbons (Fsp3) is 0.143. The van der Waals surface area contributed by atoms with Crippen LogP contribution in [-0.2, 0) is 14.8 Å². The number of rotatable bonds is 3. The molecule has 0 N–H and O–H groups in total. The molecular formula is C7H5ClN2O3S2. The van der Waals surface area contributed by atoms with Gasteiger partial charge in [0.15, 0.2) is 10.8 Å². The van der Waals surface area contributed by atoms with Crippen LogP contribution in [0.3, 0.4) is 0 Å². The van der Waals surface area contributed by atoms with Crippen molar-refractivity contribution in [3.8, 4) is 10.8 Å². The Morgan fingerprint density at radius 3 is 2.93 bits per heavy atom. The Hall–Kier alpha value is -0.920. The van der Waals surface area contributed by atoms with Crippen LogP contribution in [0.15, 0.2) is 22.2 Å². The summed E-state index contributed by atoms with van der Waals surface area (Å²) in [4.78, 5) is 4.00. The third-order valence-electron chi connectivity index (χ3n) is 1.52. The molecule has 8 heteroatoms. The SMILES string of the molecule is O=S(=O)(Cl)Cc1cc(-c2nccs2)on1. The van der Waals surface area contributed by atoms with Gasteiger partial charge in [0.25, 0.3) is 0 Å². The summed E-state index contributed by atoms with van der Waals surface area (Å²) in [5.74, 6) is 0.101. The smallest absolute Gasteiger partial charge is 0.238 e. The van der Waals surface area contributed by atoms with Crippen LogP contribution < -0.4 is 0 Å². The standard InChI is InChI=1S/C7H5ClN2O3S2/c8-15(11,12)4-5-3-6(13-10-5)7-9-1-2-14-7/h1-3H,4H2. The number of thiazole rings is 1. The molecule has 0 saturated carbocycles. The van der Waals surface area contributed by atoms with Crippen molar-refractivity contribution in [1.29, 1.82) is 0 Å². The number of hydrogen-bond donors (Lipinski definition) is 0. The van der Waals surface area contributed by atoms with Gasteiger partial charge >= 0.3 is 0 Å². The van der Waals surface area contributed by atoms with Gasteiger partial charge in [0.2, 0.25) is 9.05 Å². The molecular weight excluding hydrogens is 260 g/mol. The molecule has 0 bridgehead atoms. The Labute approximate surface area is 94.1 Å². The van der Waals surface area contributed by atoms with Crippen molar-refractivity contribution in [2.45, 2.75) is 5.75 Å². The summed E-state index contributed by atoms with van der Waals surface area (Å²) in [7, 11) is 1.48. The molecule has 0 aliphatic heterocycles. The highest BCUT2D eigenvalue weighted by atomic mass is 35.7. The number of hydrogen-bond acceptors (Lipinski definition) is 6. The third kappa shape index (κ3) is 2.77. The molecule has 0 fully saturated rings. The van der Waals surface area contributed by atoms with Gasteiger partial charge in [-0.1, -0.05) is 5.16 Å². The summed E-state index contributed by atoms with van der Waals surface area (Å²) in [6, 6.07) is 1.51. The van der Waals surface area contributed by atoms with Gasteiger partial charge < -0.3 is 4.52 Å². The van der Waals surface area contributed by atoms with E-state index in [-0.39, 0.29) is 11.4 Å². The van der Waals surface area contributed by atoms with E-state index >= 15 is 0 Å². The molecule has 15 heavy (non-hydrogen) atoms. The first-order valence-corrected chi connectivity index (χ1v) is 7.18. The lowest BCUT2D eigenvalue weighted by atomic mass is 10.4. The molecule has 2 heterocycles. The highest BCUT2D eigenvalue weighted by molar-refractivity contribution is 8.13. The normalized spacial score (nSPS) is 11.8. The first kappa shape index (κ1) is 10.6. The minimum atomic E-state index is -3.60. The lowest BCUT2D eigenvalue weighted by Crippen LogP contribution is -1.94. The van der Waals surface area contributed by atoms with E-state index in [9.17, 15) is 8.42 Å². The number of nitrogens with zero attached hydrogens (tertiary/aromatic N) is 2. The van der Waals surface area contributed by atoms with E-state index in [0.29, 0.717) is 10.8 Å². The lowest BCUT2D eigenvalue weighted by Gasteiger charge is -1.86. The second-order valence-electron chi connectivity index (χ2n) is 2.70. The molecule has 0 amide bonds. The summed E-state index contributed by atoms with van der Waals surface area (Å²) in [6.45, 7) is 0. The zero-order valence-corrected chi connectivity index (χ0v) is 9.64. The van der Waals surface area contributed by atoms with Crippen molar-refractivity contribution in [3.05, 3.63) is 23.3 Å². The van der Waals surface area contributed by atoms with E-state index in [1.165, 1.54) is 17.4 Å². The predicted molar refractivity (Wildman–Crippen MR) is 56.1 cm³/mol. The number of halogens is 1. The van der Waals surface area contributed by atoms with Crippen molar-refractivity contribution in [1.82, 2.24) is 10.1 Å². The second kappa shape index (κ2) is 3.92. The van der Waals surface area contributed by atoms with Crippen LogP contribution in [0.4, 0.5) is 0 Å². The van der Waals surface area contributed by atoms with Gasteiger partial charge in [-0.05, 0) is 0 Å². The van der Waals surface area contributed by atoms with Crippen molar-refractivity contribution in [2.24, 2.45) is 0 Å². The van der Waals surface area contributed by atoms with E-state index in [0.717, 1.165) is 0 Å². The van der Waals surface area contributed by atoms with Gasteiger partial charge in [-0.3, -0.25) is 0 Å². The topological polar surface area (TPSA) is 73.1 Å². The van der Waals surface area contributed by atoms with Gasteiger partial charge in [0.1, 0.15) is 11.4 Å². The lowest BCUT2D eigenvalue weighted by molar-refractivity contribution is 0.425. The summed E-state index contributed by atoms with van der Waals surface area (Å²) in [6.07, 6.45) is 1.63. The molecule has 5 nitrogen and oxygen atoms in total. The monoisotopic (exact) mass is 264 g/mol. The maximum atomic E-state index is 10.8. The molecule has 0 spiro atoms.